The molecule has 21 heavy (non-hydrogen) atoms. The molecule has 0 aliphatic heterocycles. The number of hydrogen-bond donors (Lipinski definition) is 1. The molecule has 0 fully saturated rings. The van der Waals surface area contributed by atoms with E-state index >= 15 is 0 Å². The van der Waals surface area contributed by atoms with Crippen LogP contribution < -0.4 is 10.5 Å². The number of nitrogens with two attached hydrogens (primary N) is 1. The second kappa shape index (κ2) is 7.54. The van der Waals surface area contributed by atoms with Gasteiger partial charge in [-0.15, -0.1) is 0 Å². The molecule has 0 spiro atoms. The van der Waals surface area contributed by atoms with Crippen LogP contribution in [0.2, 0.25) is 0 Å². The van der Waals surface area contributed by atoms with Gasteiger partial charge in [-0.2, -0.15) is 0 Å². The summed E-state index contributed by atoms with van der Waals surface area (Å²) in [5.74, 6) is 0.357. The third-order valence-electron chi connectivity index (χ3n) is 3.04. The smallest absolute Gasteiger partial charge is 0.124 e. The Morgan fingerprint density at radius 3 is 2.67 bits per heavy atom. The van der Waals surface area contributed by atoms with Crippen LogP contribution in [0.15, 0.2) is 46.9 Å². The number of hydrogen-bond acceptors (Lipinski definition) is 3. The number of halogens is 2. The lowest BCUT2D eigenvalue weighted by Crippen LogP contribution is -2.15. The Bertz CT molecular complexity index is 586. The van der Waals surface area contributed by atoms with E-state index < -0.39 is 6.04 Å². The molecule has 5 heteroatoms. The summed E-state index contributed by atoms with van der Waals surface area (Å²) in [5.41, 5.74) is 7.76. The molecule has 2 aromatic rings. The van der Waals surface area contributed by atoms with Crippen LogP contribution in [0, 0.1) is 5.82 Å². The van der Waals surface area contributed by atoms with E-state index in [2.05, 4.69) is 15.9 Å². The predicted molar refractivity (Wildman–Crippen MR) is 83.9 cm³/mol. The Morgan fingerprint density at radius 2 is 1.95 bits per heavy atom. The van der Waals surface area contributed by atoms with Crippen molar-refractivity contribution < 1.29 is 13.9 Å². The Labute approximate surface area is 132 Å². The standard InChI is InChI=1S/C16H17BrFNO2/c1-20-6-7-21-15-5-3-2-4-14(15)16(19)11-8-12(17)10-13(18)9-11/h2-5,8-10,16H,6-7,19H2,1H3. The fraction of sp³-hybridized carbons (Fsp3) is 0.250. The van der Waals surface area contributed by atoms with Crippen molar-refractivity contribution in [3.8, 4) is 5.75 Å². The molecule has 2 aromatic carbocycles. The average Bonchev–Trinajstić information content (AvgIpc) is 2.46. The Kier molecular flexibility index (Phi) is 5.73. The maximum atomic E-state index is 13.5. The normalized spacial score (nSPS) is 12.2. The van der Waals surface area contributed by atoms with Crippen molar-refractivity contribution in [2.24, 2.45) is 5.73 Å². The van der Waals surface area contributed by atoms with E-state index in [9.17, 15) is 4.39 Å². The molecule has 0 aromatic heterocycles. The quantitative estimate of drug-likeness (QED) is 0.806. The molecule has 0 saturated carbocycles. The first-order valence-corrected chi connectivity index (χ1v) is 7.33. The highest BCUT2D eigenvalue weighted by molar-refractivity contribution is 9.10. The van der Waals surface area contributed by atoms with Gasteiger partial charge < -0.3 is 15.2 Å². The number of rotatable bonds is 6. The summed E-state index contributed by atoms with van der Waals surface area (Å²) >= 11 is 3.28. The van der Waals surface area contributed by atoms with E-state index in [1.54, 1.807) is 13.2 Å². The lowest BCUT2D eigenvalue weighted by Gasteiger charge is -2.17. The maximum Gasteiger partial charge on any atom is 0.124 e. The van der Waals surface area contributed by atoms with Crippen molar-refractivity contribution in [3.63, 3.8) is 0 Å². The van der Waals surface area contributed by atoms with Gasteiger partial charge in [0.25, 0.3) is 0 Å². The SMILES string of the molecule is COCCOc1ccccc1C(N)c1cc(F)cc(Br)c1. The first-order chi connectivity index (χ1) is 10.1. The van der Waals surface area contributed by atoms with Gasteiger partial charge in [-0.05, 0) is 29.8 Å². The van der Waals surface area contributed by atoms with Gasteiger partial charge in [0.1, 0.15) is 18.2 Å². The number of ether oxygens (including phenoxy) is 2. The topological polar surface area (TPSA) is 44.5 Å². The zero-order chi connectivity index (χ0) is 15.2. The van der Waals surface area contributed by atoms with Crippen LogP contribution in [0.4, 0.5) is 4.39 Å². The first kappa shape index (κ1) is 15.9. The summed E-state index contributed by atoms with van der Waals surface area (Å²) in [5, 5.41) is 0. The monoisotopic (exact) mass is 353 g/mol. The molecule has 2 rings (SSSR count). The fourth-order valence-corrected chi connectivity index (χ4v) is 2.52. The Morgan fingerprint density at radius 1 is 1.19 bits per heavy atom. The third-order valence-corrected chi connectivity index (χ3v) is 3.50. The molecule has 0 amide bonds. The van der Waals surface area contributed by atoms with Gasteiger partial charge in [-0.25, -0.2) is 4.39 Å². The molecule has 0 heterocycles. The lowest BCUT2D eigenvalue weighted by atomic mass is 9.99. The third kappa shape index (κ3) is 4.27. The summed E-state index contributed by atoms with van der Waals surface area (Å²) in [4.78, 5) is 0. The summed E-state index contributed by atoms with van der Waals surface area (Å²) in [6, 6.07) is 11.7. The highest BCUT2D eigenvalue weighted by atomic mass is 79.9. The van der Waals surface area contributed by atoms with Gasteiger partial charge in [-0.1, -0.05) is 34.1 Å². The van der Waals surface area contributed by atoms with Crippen molar-refractivity contribution in [2.45, 2.75) is 6.04 Å². The van der Waals surface area contributed by atoms with Crippen molar-refractivity contribution >= 4 is 15.9 Å². The van der Waals surface area contributed by atoms with Crippen LogP contribution in [0.25, 0.3) is 0 Å². The predicted octanol–water partition coefficient (Wildman–Crippen LogP) is 3.66. The van der Waals surface area contributed by atoms with Crippen molar-refractivity contribution in [3.05, 3.63) is 63.9 Å². The molecule has 0 bridgehead atoms. The second-order valence-corrected chi connectivity index (χ2v) is 5.48. The highest BCUT2D eigenvalue weighted by Gasteiger charge is 2.15. The van der Waals surface area contributed by atoms with Gasteiger partial charge in [0.15, 0.2) is 0 Å². The van der Waals surface area contributed by atoms with Crippen molar-refractivity contribution in [2.75, 3.05) is 20.3 Å². The van der Waals surface area contributed by atoms with Crippen LogP contribution in [-0.2, 0) is 4.74 Å². The summed E-state index contributed by atoms with van der Waals surface area (Å²) in [6.45, 7) is 0.933. The molecule has 112 valence electrons. The van der Waals surface area contributed by atoms with E-state index in [4.69, 9.17) is 15.2 Å². The van der Waals surface area contributed by atoms with E-state index in [0.717, 1.165) is 5.56 Å². The van der Waals surface area contributed by atoms with Crippen LogP contribution in [0.3, 0.4) is 0 Å². The summed E-state index contributed by atoms with van der Waals surface area (Å²) in [7, 11) is 1.62. The van der Waals surface area contributed by atoms with Crippen molar-refractivity contribution in [1.82, 2.24) is 0 Å². The molecule has 0 saturated heterocycles. The van der Waals surface area contributed by atoms with Gasteiger partial charge >= 0.3 is 0 Å². The van der Waals surface area contributed by atoms with E-state index in [1.807, 2.05) is 24.3 Å². The molecule has 0 radical (unpaired) electrons. The summed E-state index contributed by atoms with van der Waals surface area (Å²) < 4.78 is 24.8. The Hall–Kier alpha value is -1.43. The molecule has 1 atom stereocenters. The van der Waals surface area contributed by atoms with E-state index in [0.29, 0.717) is 29.0 Å². The van der Waals surface area contributed by atoms with Gasteiger partial charge in [0.2, 0.25) is 0 Å². The second-order valence-electron chi connectivity index (χ2n) is 4.56. The number of para-hydroxylation sites is 1. The minimum absolute atomic E-state index is 0.326. The molecule has 2 N–H and O–H groups in total. The molecular weight excluding hydrogens is 337 g/mol. The number of methoxy groups -OCH3 is 1. The van der Waals surface area contributed by atoms with Gasteiger partial charge in [-0.3, -0.25) is 0 Å². The van der Waals surface area contributed by atoms with Gasteiger partial charge in [0.05, 0.1) is 12.6 Å². The highest BCUT2D eigenvalue weighted by Crippen LogP contribution is 2.30. The minimum Gasteiger partial charge on any atom is -0.491 e. The molecular formula is C16H17BrFNO2. The van der Waals surface area contributed by atoms with Crippen LogP contribution in [-0.4, -0.2) is 20.3 Å². The number of benzene rings is 2. The van der Waals surface area contributed by atoms with Crippen LogP contribution >= 0.6 is 15.9 Å². The van der Waals surface area contributed by atoms with Crippen LogP contribution in [0.5, 0.6) is 5.75 Å². The largest absolute Gasteiger partial charge is 0.491 e. The van der Waals surface area contributed by atoms with Crippen LogP contribution in [0.1, 0.15) is 17.2 Å². The van der Waals surface area contributed by atoms with E-state index in [-0.39, 0.29) is 5.82 Å². The Balaban J connectivity index is 2.27. The molecule has 1 unspecified atom stereocenters. The van der Waals surface area contributed by atoms with Gasteiger partial charge in [0, 0.05) is 17.1 Å². The lowest BCUT2D eigenvalue weighted by molar-refractivity contribution is 0.145. The zero-order valence-corrected chi connectivity index (χ0v) is 13.3. The maximum absolute atomic E-state index is 13.5. The fourth-order valence-electron chi connectivity index (χ4n) is 2.04. The minimum atomic E-state index is -0.462. The first-order valence-electron chi connectivity index (χ1n) is 6.54. The molecule has 0 aliphatic carbocycles. The average molecular weight is 354 g/mol. The van der Waals surface area contributed by atoms with E-state index in [1.165, 1.54) is 12.1 Å². The molecule has 0 aliphatic rings. The van der Waals surface area contributed by atoms with Crippen molar-refractivity contribution in [1.29, 1.82) is 0 Å². The zero-order valence-electron chi connectivity index (χ0n) is 11.7. The molecule has 3 nitrogen and oxygen atoms in total. The summed E-state index contributed by atoms with van der Waals surface area (Å²) in [6.07, 6.45) is 0.